The van der Waals surface area contributed by atoms with Gasteiger partial charge in [0.2, 0.25) is 0 Å². The molecule has 7 heteroatoms. The molecule has 2 atom stereocenters. The van der Waals surface area contributed by atoms with Crippen LogP contribution in [0.1, 0.15) is 39.2 Å². The van der Waals surface area contributed by atoms with E-state index in [1.54, 1.807) is 7.05 Å². The molecule has 0 aromatic heterocycles. The van der Waals surface area contributed by atoms with E-state index < -0.39 is 11.6 Å². The van der Waals surface area contributed by atoms with E-state index in [0.29, 0.717) is 11.9 Å². The Labute approximate surface area is 172 Å². The number of benzene rings is 1. The van der Waals surface area contributed by atoms with E-state index >= 15 is 0 Å². The summed E-state index contributed by atoms with van der Waals surface area (Å²) in [5.41, 5.74) is 0.352. The van der Waals surface area contributed by atoms with Gasteiger partial charge < -0.3 is 15.4 Å². The number of nitrogens with zero attached hydrogens (tertiary/aromatic N) is 1. The second kappa shape index (κ2) is 10.4. The Morgan fingerprint density at radius 3 is 2.65 bits per heavy atom. The maximum atomic E-state index is 13.7. The van der Waals surface area contributed by atoms with Gasteiger partial charge in [-0.1, -0.05) is 20.8 Å². The van der Waals surface area contributed by atoms with Crippen LogP contribution in [-0.4, -0.2) is 32.3 Å². The molecule has 4 nitrogen and oxygen atoms in total. The number of ether oxygens (including phenoxy) is 1. The third-order valence-corrected chi connectivity index (χ3v) is 4.51. The Kier molecular flexibility index (Phi) is 9.23. The summed E-state index contributed by atoms with van der Waals surface area (Å²) in [6.07, 6.45) is 2.34. The normalized spacial score (nSPS) is 21.1. The molecule has 1 aromatic carbocycles. The molecule has 0 bridgehead atoms. The van der Waals surface area contributed by atoms with Crippen molar-refractivity contribution in [2.75, 3.05) is 20.2 Å². The SMILES string of the molecule is CN=C(NCc1cc(F)ccc1F)NCC1CCCOC1C(C)(C)C.I. The molecule has 148 valence electrons. The zero-order valence-electron chi connectivity index (χ0n) is 15.9. The maximum Gasteiger partial charge on any atom is 0.191 e. The fraction of sp³-hybridized carbons (Fsp3) is 0.632. The molecule has 2 rings (SSSR count). The highest BCUT2D eigenvalue weighted by molar-refractivity contribution is 14.0. The van der Waals surface area contributed by atoms with Gasteiger partial charge in [0.15, 0.2) is 5.96 Å². The van der Waals surface area contributed by atoms with E-state index in [1.807, 2.05) is 0 Å². The second-order valence-corrected chi connectivity index (χ2v) is 7.60. The van der Waals surface area contributed by atoms with Gasteiger partial charge >= 0.3 is 0 Å². The predicted molar refractivity (Wildman–Crippen MR) is 112 cm³/mol. The quantitative estimate of drug-likeness (QED) is 0.387. The molecule has 1 aromatic rings. The number of halogens is 3. The van der Waals surface area contributed by atoms with Crippen LogP contribution in [0.25, 0.3) is 0 Å². The smallest absolute Gasteiger partial charge is 0.191 e. The van der Waals surface area contributed by atoms with E-state index in [-0.39, 0.29) is 47.6 Å². The lowest BCUT2D eigenvalue weighted by Gasteiger charge is -2.40. The summed E-state index contributed by atoms with van der Waals surface area (Å²) in [5, 5.41) is 6.33. The van der Waals surface area contributed by atoms with Crippen molar-refractivity contribution in [3.8, 4) is 0 Å². The van der Waals surface area contributed by atoms with Crippen LogP contribution in [0.3, 0.4) is 0 Å². The van der Waals surface area contributed by atoms with Crippen molar-refractivity contribution in [1.29, 1.82) is 0 Å². The topological polar surface area (TPSA) is 45.7 Å². The van der Waals surface area contributed by atoms with Gasteiger partial charge in [0, 0.05) is 38.2 Å². The van der Waals surface area contributed by atoms with Crippen LogP contribution in [0, 0.1) is 23.0 Å². The van der Waals surface area contributed by atoms with E-state index in [2.05, 4.69) is 36.4 Å². The summed E-state index contributed by atoms with van der Waals surface area (Å²) < 4.78 is 32.9. The van der Waals surface area contributed by atoms with Gasteiger partial charge in [-0.3, -0.25) is 4.99 Å². The highest BCUT2D eigenvalue weighted by atomic mass is 127. The van der Waals surface area contributed by atoms with Crippen molar-refractivity contribution < 1.29 is 13.5 Å². The summed E-state index contributed by atoms with van der Waals surface area (Å²) in [4.78, 5) is 4.16. The lowest BCUT2D eigenvalue weighted by Crippen LogP contribution is -2.47. The summed E-state index contributed by atoms with van der Waals surface area (Å²) >= 11 is 0. The number of aliphatic imine (C=N–C) groups is 1. The Morgan fingerprint density at radius 1 is 1.27 bits per heavy atom. The number of hydrogen-bond acceptors (Lipinski definition) is 2. The monoisotopic (exact) mass is 481 g/mol. The van der Waals surface area contributed by atoms with Gasteiger partial charge in [-0.05, 0) is 36.5 Å². The number of rotatable bonds is 4. The van der Waals surface area contributed by atoms with Crippen LogP contribution in [0.4, 0.5) is 8.78 Å². The van der Waals surface area contributed by atoms with Crippen LogP contribution >= 0.6 is 24.0 Å². The second-order valence-electron chi connectivity index (χ2n) is 7.60. The molecule has 26 heavy (non-hydrogen) atoms. The summed E-state index contributed by atoms with van der Waals surface area (Å²) in [7, 11) is 1.66. The first-order valence-corrected chi connectivity index (χ1v) is 8.81. The minimum absolute atomic E-state index is 0. The highest BCUT2D eigenvalue weighted by Gasteiger charge is 2.35. The Hall–Kier alpha value is -0.960. The Balaban J connectivity index is 0.00000338. The van der Waals surface area contributed by atoms with Crippen LogP contribution in [0.5, 0.6) is 0 Å². The fourth-order valence-corrected chi connectivity index (χ4v) is 3.32. The lowest BCUT2D eigenvalue weighted by atomic mass is 9.78. The van der Waals surface area contributed by atoms with E-state index in [9.17, 15) is 8.78 Å². The Bertz CT molecular complexity index is 605. The molecule has 0 amide bonds. The highest BCUT2D eigenvalue weighted by Crippen LogP contribution is 2.33. The molecular weight excluding hydrogens is 451 g/mol. The zero-order valence-corrected chi connectivity index (χ0v) is 18.3. The number of hydrogen-bond donors (Lipinski definition) is 2. The average Bonchev–Trinajstić information content (AvgIpc) is 2.57. The first-order valence-electron chi connectivity index (χ1n) is 8.81. The van der Waals surface area contributed by atoms with Gasteiger partial charge in [-0.15, -0.1) is 24.0 Å². The first-order chi connectivity index (χ1) is 11.8. The molecular formula is C19H30F2IN3O. The average molecular weight is 481 g/mol. The largest absolute Gasteiger partial charge is 0.377 e. The van der Waals surface area contributed by atoms with Crippen molar-refractivity contribution in [3.05, 3.63) is 35.4 Å². The minimum atomic E-state index is -0.450. The van der Waals surface area contributed by atoms with Gasteiger partial charge in [-0.25, -0.2) is 8.78 Å². The summed E-state index contributed by atoms with van der Waals surface area (Å²) in [5.74, 6) is 0.0754. The molecule has 0 aliphatic carbocycles. The molecule has 1 heterocycles. The van der Waals surface area contributed by atoms with Crippen LogP contribution in [-0.2, 0) is 11.3 Å². The summed E-state index contributed by atoms with van der Waals surface area (Å²) in [6, 6.07) is 3.44. The molecule has 1 fully saturated rings. The molecule has 1 saturated heterocycles. The lowest BCUT2D eigenvalue weighted by molar-refractivity contribution is -0.0835. The zero-order chi connectivity index (χ0) is 18.4. The molecule has 1 aliphatic rings. The number of guanidine groups is 1. The van der Waals surface area contributed by atoms with Crippen molar-refractivity contribution in [2.24, 2.45) is 16.3 Å². The first kappa shape index (κ1) is 23.1. The van der Waals surface area contributed by atoms with E-state index in [0.717, 1.165) is 38.1 Å². The van der Waals surface area contributed by atoms with Crippen molar-refractivity contribution >= 4 is 29.9 Å². The van der Waals surface area contributed by atoms with Crippen LogP contribution < -0.4 is 10.6 Å². The van der Waals surface area contributed by atoms with Crippen LogP contribution in [0.2, 0.25) is 0 Å². The van der Waals surface area contributed by atoms with E-state index in [1.165, 1.54) is 6.07 Å². The molecule has 2 N–H and O–H groups in total. The van der Waals surface area contributed by atoms with Gasteiger partial charge in [0.1, 0.15) is 11.6 Å². The van der Waals surface area contributed by atoms with Crippen molar-refractivity contribution in [2.45, 2.75) is 46.3 Å². The molecule has 1 aliphatic heterocycles. The predicted octanol–water partition coefficient (Wildman–Crippen LogP) is 4.09. The van der Waals surface area contributed by atoms with Gasteiger partial charge in [0.05, 0.1) is 6.10 Å². The maximum absolute atomic E-state index is 13.7. The third-order valence-electron chi connectivity index (χ3n) is 4.51. The number of nitrogens with one attached hydrogen (secondary N) is 2. The van der Waals surface area contributed by atoms with E-state index in [4.69, 9.17) is 4.74 Å². The van der Waals surface area contributed by atoms with Gasteiger partial charge in [-0.2, -0.15) is 0 Å². The molecule has 2 unspecified atom stereocenters. The molecule has 0 saturated carbocycles. The van der Waals surface area contributed by atoms with Gasteiger partial charge in [0.25, 0.3) is 0 Å². The van der Waals surface area contributed by atoms with Crippen LogP contribution in [0.15, 0.2) is 23.2 Å². The molecule has 0 radical (unpaired) electrons. The Morgan fingerprint density at radius 2 is 2.00 bits per heavy atom. The third kappa shape index (κ3) is 6.64. The van der Waals surface area contributed by atoms with Crippen molar-refractivity contribution in [3.63, 3.8) is 0 Å². The summed E-state index contributed by atoms with van der Waals surface area (Å²) in [6.45, 7) is 8.28. The standard InChI is InChI=1S/C19H29F2N3O.HI/c1-19(2,3)17-13(6-5-9-25-17)11-23-18(22-4)24-12-14-10-15(20)7-8-16(14)21;/h7-8,10,13,17H,5-6,9,11-12H2,1-4H3,(H2,22,23,24);1H. The minimum Gasteiger partial charge on any atom is -0.377 e. The molecule has 0 spiro atoms. The van der Waals surface area contributed by atoms with Crippen molar-refractivity contribution in [1.82, 2.24) is 10.6 Å². The fourth-order valence-electron chi connectivity index (χ4n) is 3.32.